The normalized spacial score (nSPS) is 22.1. The van der Waals surface area contributed by atoms with Gasteiger partial charge in [0, 0.05) is 12.1 Å². The summed E-state index contributed by atoms with van der Waals surface area (Å²) in [6, 6.07) is 5.15. The van der Waals surface area contributed by atoms with Crippen molar-refractivity contribution in [3.8, 4) is 5.69 Å². The average Bonchev–Trinajstić information content (AvgIpc) is 3.11. The molecule has 1 unspecified atom stereocenters. The zero-order valence-corrected chi connectivity index (χ0v) is 15.7. The van der Waals surface area contributed by atoms with Crippen LogP contribution in [0.5, 0.6) is 0 Å². The molecule has 1 N–H and O–H groups in total. The zero-order chi connectivity index (χ0) is 19.8. The highest BCUT2D eigenvalue weighted by Gasteiger charge is 2.33. The number of alkyl halides is 3. The summed E-state index contributed by atoms with van der Waals surface area (Å²) in [5.74, 6) is 0.317. The highest BCUT2D eigenvalue weighted by atomic mass is 19.4. The molecule has 152 valence electrons. The number of hydroxylamine groups is 3. The van der Waals surface area contributed by atoms with Gasteiger partial charge in [-0.15, -0.1) is 0 Å². The minimum Gasteiger partial charge on any atom is -0.370 e. The van der Waals surface area contributed by atoms with Gasteiger partial charge in [0.1, 0.15) is 19.6 Å². The molecule has 2 aliphatic rings. The maximum Gasteiger partial charge on any atom is 0.416 e. The highest BCUT2D eigenvalue weighted by molar-refractivity contribution is 5.39. The van der Waals surface area contributed by atoms with Crippen molar-refractivity contribution in [2.45, 2.75) is 37.8 Å². The molecule has 4 rings (SSSR count). The van der Waals surface area contributed by atoms with Gasteiger partial charge in [0.25, 0.3) is 0 Å². The van der Waals surface area contributed by atoms with Crippen molar-refractivity contribution in [2.75, 3.05) is 32.8 Å². The number of rotatable bonds is 4. The van der Waals surface area contributed by atoms with Crippen molar-refractivity contribution < 1.29 is 27.8 Å². The molecule has 2 aromatic rings. The maximum absolute atomic E-state index is 12.8. The minimum absolute atomic E-state index is 0.0544. The van der Waals surface area contributed by atoms with Crippen molar-refractivity contribution in [2.24, 2.45) is 0 Å². The molecular formula is C20H25F3N3O2+. The van der Waals surface area contributed by atoms with E-state index in [0.29, 0.717) is 44.5 Å². The average molecular weight is 396 g/mol. The van der Waals surface area contributed by atoms with Crippen LogP contribution in [-0.4, -0.2) is 52.5 Å². The van der Waals surface area contributed by atoms with Crippen molar-refractivity contribution in [3.63, 3.8) is 0 Å². The molecule has 1 aliphatic heterocycles. The number of hydrogen-bond donors (Lipinski definition) is 1. The number of ether oxygens (including phenoxy) is 1. The molecule has 1 aromatic carbocycles. The van der Waals surface area contributed by atoms with E-state index in [1.807, 2.05) is 6.20 Å². The van der Waals surface area contributed by atoms with Gasteiger partial charge in [-0.3, -0.25) is 0 Å². The van der Waals surface area contributed by atoms with E-state index in [4.69, 9.17) is 4.74 Å². The summed E-state index contributed by atoms with van der Waals surface area (Å²) in [6.45, 7) is 3.07. The first-order valence-electron chi connectivity index (χ1n) is 9.77. The molecule has 1 saturated heterocycles. The monoisotopic (exact) mass is 396 g/mol. The number of halogens is 3. The Balaban J connectivity index is 1.51. The van der Waals surface area contributed by atoms with Crippen LogP contribution in [0.2, 0.25) is 0 Å². The molecule has 1 fully saturated rings. The number of hydrogen-bond acceptors (Lipinski definition) is 3. The quantitative estimate of drug-likeness (QED) is 0.797. The Morgan fingerprint density at radius 3 is 2.57 bits per heavy atom. The van der Waals surface area contributed by atoms with Gasteiger partial charge in [0.15, 0.2) is 0 Å². The van der Waals surface area contributed by atoms with Crippen LogP contribution in [0.15, 0.2) is 30.5 Å². The lowest BCUT2D eigenvalue weighted by atomic mass is 9.84. The molecule has 28 heavy (non-hydrogen) atoms. The summed E-state index contributed by atoms with van der Waals surface area (Å²) in [4.78, 5) is 0. The van der Waals surface area contributed by atoms with E-state index in [1.165, 1.54) is 12.1 Å². The second-order valence-electron chi connectivity index (χ2n) is 7.76. The Bertz CT molecular complexity index is 811. The topological polar surface area (TPSA) is 47.3 Å². The first-order valence-corrected chi connectivity index (χ1v) is 9.77. The second kappa shape index (κ2) is 7.50. The smallest absolute Gasteiger partial charge is 0.370 e. The number of benzene rings is 1. The molecule has 2 heterocycles. The van der Waals surface area contributed by atoms with Crippen molar-refractivity contribution >= 4 is 0 Å². The van der Waals surface area contributed by atoms with E-state index in [0.717, 1.165) is 49.1 Å². The second-order valence-corrected chi connectivity index (χ2v) is 7.76. The highest BCUT2D eigenvalue weighted by Crippen LogP contribution is 2.36. The van der Waals surface area contributed by atoms with Crippen LogP contribution in [0.3, 0.4) is 0 Å². The molecule has 0 spiro atoms. The lowest BCUT2D eigenvalue weighted by Gasteiger charge is -2.35. The fourth-order valence-electron chi connectivity index (χ4n) is 4.27. The third kappa shape index (κ3) is 3.94. The summed E-state index contributed by atoms with van der Waals surface area (Å²) in [5, 5.41) is 15.1. The Labute approximate surface area is 161 Å². The van der Waals surface area contributed by atoms with Crippen LogP contribution >= 0.6 is 0 Å². The summed E-state index contributed by atoms with van der Waals surface area (Å²) in [7, 11) is 0. The SMILES string of the molecule is O[N+]1(CCC2CCCc3c2cnn3-c2ccc(C(F)(F)F)cc2)CCOCC1. The summed E-state index contributed by atoms with van der Waals surface area (Å²) < 4.78 is 45.6. The van der Waals surface area contributed by atoms with Gasteiger partial charge in [0.2, 0.25) is 0 Å². The first-order chi connectivity index (χ1) is 13.4. The summed E-state index contributed by atoms with van der Waals surface area (Å²) in [6.07, 6.45) is 1.29. The number of morpholine rings is 1. The largest absolute Gasteiger partial charge is 0.416 e. The summed E-state index contributed by atoms with van der Waals surface area (Å²) in [5.41, 5.74) is 2.22. The summed E-state index contributed by atoms with van der Waals surface area (Å²) >= 11 is 0. The molecule has 0 radical (unpaired) electrons. The molecule has 0 saturated carbocycles. The molecule has 1 atom stereocenters. The number of fused-ring (bicyclic) bond motifs is 1. The molecular weight excluding hydrogens is 371 g/mol. The van der Waals surface area contributed by atoms with Crippen LogP contribution in [0.25, 0.3) is 5.69 Å². The molecule has 1 aliphatic carbocycles. The van der Waals surface area contributed by atoms with Crippen molar-refractivity contribution in [3.05, 3.63) is 47.3 Å². The molecule has 1 aromatic heterocycles. The van der Waals surface area contributed by atoms with Crippen molar-refractivity contribution in [1.82, 2.24) is 9.78 Å². The third-order valence-electron chi connectivity index (χ3n) is 5.94. The molecule has 0 amide bonds. The van der Waals surface area contributed by atoms with Gasteiger partial charge in [-0.2, -0.15) is 22.9 Å². The zero-order valence-electron chi connectivity index (χ0n) is 15.7. The third-order valence-corrected chi connectivity index (χ3v) is 5.94. The van der Waals surface area contributed by atoms with Gasteiger partial charge in [-0.25, -0.2) is 9.89 Å². The van der Waals surface area contributed by atoms with Gasteiger partial charge < -0.3 is 4.74 Å². The van der Waals surface area contributed by atoms with E-state index in [9.17, 15) is 18.4 Å². The van der Waals surface area contributed by atoms with E-state index in [-0.39, 0.29) is 4.65 Å². The Kier molecular flexibility index (Phi) is 5.20. The lowest BCUT2D eigenvalue weighted by Crippen LogP contribution is -2.53. The van der Waals surface area contributed by atoms with Crippen LogP contribution in [0.1, 0.15) is 42.0 Å². The van der Waals surface area contributed by atoms with Crippen LogP contribution in [0, 0.1) is 0 Å². The number of aromatic nitrogens is 2. The first kappa shape index (κ1) is 19.4. The van der Waals surface area contributed by atoms with Gasteiger partial charge >= 0.3 is 6.18 Å². The lowest BCUT2D eigenvalue weighted by molar-refractivity contribution is -1.11. The van der Waals surface area contributed by atoms with Gasteiger partial charge in [-0.1, -0.05) is 0 Å². The maximum atomic E-state index is 12.8. The molecule has 5 nitrogen and oxygen atoms in total. The molecule has 0 bridgehead atoms. The van der Waals surface area contributed by atoms with E-state index >= 15 is 0 Å². The number of quaternary nitrogens is 1. The number of nitrogens with zero attached hydrogens (tertiary/aromatic N) is 3. The predicted octanol–water partition coefficient (Wildman–Crippen LogP) is 3.94. The fraction of sp³-hybridized carbons (Fsp3) is 0.550. The predicted molar refractivity (Wildman–Crippen MR) is 96.3 cm³/mol. The molecule has 8 heteroatoms. The Hall–Kier alpha value is -1.90. The van der Waals surface area contributed by atoms with E-state index in [2.05, 4.69) is 5.10 Å². The fourth-order valence-corrected chi connectivity index (χ4v) is 4.27. The van der Waals surface area contributed by atoms with E-state index < -0.39 is 11.7 Å². The van der Waals surface area contributed by atoms with Crippen LogP contribution < -0.4 is 0 Å². The van der Waals surface area contributed by atoms with Crippen LogP contribution in [-0.2, 0) is 17.3 Å². The Morgan fingerprint density at radius 2 is 1.89 bits per heavy atom. The van der Waals surface area contributed by atoms with Gasteiger partial charge in [0.05, 0.1) is 30.7 Å². The van der Waals surface area contributed by atoms with Gasteiger partial charge in [-0.05, 0) is 55.0 Å². The van der Waals surface area contributed by atoms with Crippen molar-refractivity contribution in [1.29, 1.82) is 0 Å². The van der Waals surface area contributed by atoms with Crippen LogP contribution in [0.4, 0.5) is 13.2 Å². The van der Waals surface area contributed by atoms with E-state index in [1.54, 1.807) is 4.68 Å². The standard InChI is InChI=1S/C20H25F3N3O2/c21-20(22,23)16-4-6-17(7-5-16)25-19-3-1-2-15(18(19)14-24-25)8-9-26(27)10-12-28-13-11-26/h4-7,14-15,27H,1-3,8-13H2/q+1. The Morgan fingerprint density at radius 1 is 1.18 bits per heavy atom. The minimum atomic E-state index is -4.34.